The quantitative estimate of drug-likeness (QED) is 0.544. The molecule has 1 aliphatic rings. The molecule has 0 bridgehead atoms. The average Bonchev–Trinajstić information content (AvgIpc) is 3.18. The maximum atomic E-state index is 13.7. The number of nitrogens with zero attached hydrogens (tertiary/aromatic N) is 3. The van der Waals surface area contributed by atoms with E-state index in [1.54, 1.807) is 17.0 Å². The Hall–Kier alpha value is -2.71. The van der Waals surface area contributed by atoms with Gasteiger partial charge in [-0.1, -0.05) is 37.3 Å². The summed E-state index contributed by atoms with van der Waals surface area (Å²) in [6, 6.07) is 11.8. The van der Waals surface area contributed by atoms with E-state index in [1.165, 1.54) is 23.5 Å². The number of carbonyl (C=O) groups excluding carboxylic acids is 1. The van der Waals surface area contributed by atoms with Crippen molar-refractivity contribution in [3.05, 3.63) is 48.3 Å². The summed E-state index contributed by atoms with van der Waals surface area (Å²) in [5.74, 6) is 0.643. The van der Waals surface area contributed by atoms with Gasteiger partial charge in [0, 0.05) is 13.1 Å². The molecule has 2 atom stereocenters. The van der Waals surface area contributed by atoms with Crippen molar-refractivity contribution >= 4 is 32.6 Å². The third-order valence-corrected chi connectivity index (χ3v) is 6.50. The molecule has 3 aromatic rings. The van der Waals surface area contributed by atoms with Gasteiger partial charge in [-0.05, 0) is 50.3 Å². The maximum Gasteiger partial charge on any atom is 0.273 e. The van der Waals surface area contributed by atoms with E-state index in [9.17, 15) is 9.18 Å². The van der Waals surface area contributed by atoms with E-state index in [0.717, 1.165) is 13.1 Å². The molecule has 0 spiro atoms. The summed E-state index contributed by atoms with van der Waals surface area (Å²) in [4.78, 5) is 22.2. The highest BCUT2D eigenvalue weighted by Gasteiger charge is 2.38. The van der Waals surface area contributed by atoms with Gasteiger partial charge < -0.3 is 14.4 Å². The van der Waals surface area contributed by atoms with Crippen LogP contribution in [0.1, 0.15) is 20.8 Å². The number of fused-ring (bicyclic) bond motifs is 2. The van der Waals surface area contributed by atoms with Gasteiger partial charge in [0.2, 0.25) is 6.10 Å². The van der Waals surface area contributed by atoms with Gasteiger partial charge in [-0.15, -0.1) is 0 Å². The van der Waals surface area contributed by atoms with E-state index in [0.29, 0.717) is 39.9 Å². The summed E-state index contributed by atoms with van der Waals surface area (Å²) >= 11 is 1.30. The number of rotatable bonds is 7. The summed E-state index contributed by atoms with van der Waals surface area (Å²) in [7, 11) is 0. The smallest absolute Gasteiger partial charge is 0.273 e. The molecular weight excluding hydrogens is 417 g/mol. The fraction of sp³-hybridized carbons (Fsp3) is 0.391. The molecule has 4 rings (SSSR count). The molecule has 164 valence electrons. The topological polar surface area (TPSA) is 54.9 Å². The summed E-state index contributed by atoms with van der Waals surface area (Å²) in [6.45, 7) is 8.93. The Morgan fingerprint density at radius 1 is 1.10 bits per heavy atom. The molecule has 0 saturated heterocycles. The number of hydrogen-bond acceptors (Lipinski definition) is 6. The Kier molecular flexibility index (Phi) is 6.38. The normalized spacial score (nSPS) is 17.8. The van der Waals surface area contributed by atoms with Crippen LogP contribution in [0, 0.1) is 5.82 Å². The zero-order valence-electron chi connectivity index (χ0n) is 17.9. The van der Waals surface area contributed by atoms with Crippen molar-refractivity contribution in [2.75, 3.05) is 31.1 Å². The van der Waals surface area contributed by atoms with Crippen LogP contribution >= 0.6 is 11.3 Å². The minimum atomic E-state index is -0.796. The number of carbonyl (C=O) groups is 1. The van der Waals surface area contributed by atoms with E-state index < -0.39 is 12.2 Å². The minimum Gasteiger partial charge on any atom is -0.482 e. The van der Waals surface area contributed by atoms with Crippen LogP contribution in [-0.2, 0) is 4.79 Å². The first-order valence-corrected chi connectivity index (χ1v) is 11.3. The average molecular weight is 444 g/mol. The third kappa shape index (κ3) is 4.50. The van der Waals surface area contributed by atoms with E-state index in [2.05, 4.69) is 23.7 Å². The van der Waals surface area contributed by atoms with Gasteiger partial charge in [-0.25, -0.2) is 9.37 Å². The first-order chi connectivity index (χ1) is 15.0. The zero-order chi connectivity index (χ0) is 22.0. The second-order valence-corrected chi connectivity index (χ2v) is 8.44. The molecular formula is C23H26FN3O3S. The van der Waals surface area contributed by atoms with Crippen LogP contribution in [0.2, 0.25) is 0 Å². The lowest BCUT2D eigenvalue weighted by molar-refractivity contribution is -0.130. The summed E-state index contributed by atoms with van der Waals surface area (Å²) < 4.78 is 26.4. The van der Waals surface area contributed by atoms with Gasteiger partial charge in [0.25, 0.3) is 5.91 Å². The number of aromatic nitrogens is 1. The lowest BCUT2D eigenvalue weighted by Crippen LogP contribution is -2.52. The Balaban J connectivity index is 1.65. The number of hydrogen-bond donors (Lipinski definition) is 0. The van der Waals surface area contributed by atoms with Crippen LogP contribution in [0.4, 0.5) is 9.52 Å². The molecule has 0 N–H and O–H groups in total. The van der Waals surface area contributed by atoms with Gasteiger partial charge in [0.05, 0.1) is 10.2 Å². The number of benzene rings is 2. The number of para-hydroxylation sites is 2. The number of ether oxygens (including phenoxy) is 2. The lowest BCUT2D eigenvalue weighted by atomic mass is 10.1. The van der Waals surface area contributed by atoms with E-state index >= 15 is 0 Å². The number of halogens is 1. The van der Waals surface area contributed by atoms with Crippen molar-refractivity contribution in [2.45, 2.75) is 33.0 Å². The Morgan fingerprint density at radius 2 is 1.81 bits per heavy atom. The second kappa shape index (κ2) is 9.20. The molecule has 1 amide bonds. The number of anilines is 1. The molecule has 2 heterocycles. The third-order valence-electron chi connectivity index (χ3n) is 5.46. The van der Waals surface area contributed by atoms with Crippen molar-refractivity contribution in [1.29, 1.82) is 0 Å². The first-order valence-electron chi connectivity index (χ1n) is 10.5. The molecule has 2 aromatic carbocycles. The van der Waals surface area contributed by atoms with E-state index in [-0.39, 0.29) is 11.7 Å². The predicted molar refractivity (Wildman–Crippen MR) is 121 cm³/mol. The van der Waals surface area contributed by atoms with Gasteiger partial charge in [0.1, 0.15) is 11.9 Å². The number of amides is 1. The zero-order valence-corrected chi connectivity index (χ0v) is 18.7. The van der Waals surface area contributed by atoms with Crippen LogP contribution in [0.5, 0.6) is 11.5 Å². The Bertz CT molecular complexity index is 1070. The van der Waals surface area contributed by atoms with Crippen molar-refractivity contribution in [3.8, 4) is 11.5 Å². The van der Waals surface area contributed by atoms with E-state index in [1.807, 2.05) is 25.1 Å². The molecule has 1 aromatic heterocycles. The highest BCUT2D eigenvalue weighted by molar-refractivity contribution is 7.22. The van der Waals surface area contributed by atoms with Crippen LogP contribution in [0.15, 0.2) is 42.5 Å². The van der Waals surface area contributed by atoms with Crippen molar-refractivity contribution in [3.63, 3.8) is 0 Å². The first kappa shape index (κ1) is 21.5. The molecule has 31 heavy (non-hydrogen) atoms. The lowest BCUT2D eigenvalue weighted by Gasteiger charge is -2.34. The fourth-order valence-corrected chi connectivity index (χ4v) is 4.65. The summed E-state index contributed by atoms with van der Waals surface area (Å²) in [5.41, 5.74) is 0.668. The highest BCUT2D eigenvalue weighted by atomic mass is 32.1. The van der Waals surface area contributed by atoms with Crippen molar-refractivity contribution in [2.24, 2.45) is 0 Å². The SMILES string of the molecule is CCN(CC)CCN(C(=O)C1Oc2ccccc2OC1C)c1nc2ccc(F)cc2s1. The van der Waals surface area contributed by atoms with Gasteiger partial charge in [-0.3, -0.25) is 9.69 Å². The second-order valence-electron chi connectivity index (χ2n) is 7.43. The van der Waals surface area contributed by atoms with Gasteiger partial charge >= 0.3 is 0 Å². The Labute approximate surface area is 185 Å². The molecule has 1 aliphatic heterocycles. The Morgan fingerprint density at radius 3 is 2.52 bits per heavy atom. The van der Waals surface area contributed by atoms with Crippen molar-refractivity contribution < 1.29 is 18.7 Å². The van der Waals surface area contributed by atoms with Crippen LogP contribution in [0.25, 0.3) is 10.2 Å². The molecule has 8 heteroatoms. The van der Waals surface area contributed by atoms with Crippen LogP contribution in [-0.4, -0.2) is 54.2 Å². The molecule has 6 nitrogen and oxygen atoms in total. The number of likely N-dealkylation sites (N-methyl/N-ethyl adjacent to an activating group) is 1. The standard InChI is InChI=1S/C23H26FN3O3S/c1-4-26(5-2)12-13-27(23-25-17-11-10-16(24)14-20(17)31-23)22(28)21-15(3)29-18-8-6-7-9-19(18)30-21/h6-11,14-15,21H,4-5,12-13H2,1-3H3. The molecule has 0 radical (unpaired) electrons. The van der Waals surface area contributed by atoms with Gasteiger partial charge in [0.15, 0.2) is 16.6 Å². The highest BCUT2D eigenvalue weighted by Crippen LogP contribution is 2.35. The number of thiazole rings is 1. The molecule has 0 saturated carbocycles. The monoisotopic (exact) mass is 443 g/mol. The van der Waals surface area contributed by atoms with Crippen molar-refractivity contribution in [1.82, 2.24) is 9.88 Å². The van der Waals surface area contributed by atoms with E-state index in [4.69, 9.17) is 9.47 Å². The summed E-state index contributed by atoms with van der Waals surface area (Å²) in [6.07, 6.45) is -1.25. The fourth-order valence-electron chi connectivity index (χ4n) is 3.63. The maximum absolute atomic E-state index is 13.7. The minimum absolute atomic E-state index is 0.214. The molecule has 0 aliphatic carbocycles. The molecule has 0 fully saturated rings. The largest absolute Gasteiger partial charge is 0.482 e. The summed E-state index contributed by atoms with van der Waals surface area (Å²) in [5, 5.41) is 0.535. The van der Waals surface area contributed by atoms with Crippen LogP contribution < -0.4 is 14.4 Å². The molecule has 2 unspecified atom stereocenters. The van der Waals surface area contributed by atoms with Crippen LogP contribution in [0.3, 0.4) is 0 Å². The van der Waals surface area contributed by atoms with Gasteiger partial charge in [-0.2, -0.15) is 0 Å². The predicted octanol–water partition coefficient (Wildman–Crippen LogP) is 4.34.